The molecule has 47 heavy (non-hydrogen) atoms. The van der Waals surface area contributed by atoms with Crippen LogP contribution < -0.4 is 9.64 Å². The van der Waals surface area contributed by atoms with Gasteiger partial charge < -0.3 is 19.5 Å². The molecule has 4 aliphatic rings. The van der Waals surface area contributed by atoms with Crippen molar-refractivity contribution >= 4 is 27.5 Å². The van der Waals surface area contributed by atoms with Gasteiger partial charge in [-0.1, -0.05) is 12.0 Å². The number of alkyl halides is 1. The van der Waals surface area contributed by atoms with Crippen LogP contribution in [0.4, 0.5) is 19.0 Å². The van der Waals surface area contributed by atoms with Gasteiger partial charge in [-0.3, -0.25) is 9.88 Å². The van der Waals surface area contributed by atoms with E-state index in [4.69, 9.17) is 20.9 Å². The highest BCUT2D eigenvalue weighted by atomic mass is 19.1. The molecule has 4 fully saturated rings. The van der Waals surface area contributed by atoms with Crippen LogP contribution in [0.25, 0.3) is 32.9 Å². The van der Waals surface area contributed by atoms with Crippen LogP contribution in [0.2, 0.25) is 0 Å². The van der Waals surface area contributed by atoms with Gasteiger partial charge in [-0.2, -0.15) is 9.97 Å². The van der Waals surface area contributed by atoms with E-state index in [1.165, 1.54) is 12.3 Å². The third kappa shape index (κ3) is 5.09. The molecule has 6 heterocycles. The summed E-state index contributed by atoms with van der Waals surface area (Å²) in [6.07, 6.45) is 10.5. The first-order valence-corrected chi connectivity index (χ1v) is 16.3. The molecule has 4 atom stereocenters. The molecule has 2 bridgehead atoms. The molecule has 4 saturated heterocycles. The van der Waals surface area contributed by atoms with E-state index in [1.54, 1.807) is 32.0 Å². The molecule has 0 amide bonds. The minimum atomic E-state index is -1.29. The highest BCUT2D eigenvalue weighted by molar-refractivity contribution is 6.02. The highest BCUT2D eigenvalue weighted by Crippen LogP contribution is 2.42. The summed E-state index contributed by atoms with van der Waals surface area (Å²) in [4.78, 5) is 18.2. The molecule has 2 aromatic heterocycles. The number of rotatable bonds is 6. The molecular weight excluding hydrogens is 607 g/mol. The number of aliphatic hydroxyl groups is 1. The zero-order valence-corrected chi connectivity index (χ0v) is 26.4. The van der Waals surface area contributed by atoms with Crippen molar-refractivity contribution in [3.05, 3.63) is 53.2 Å². The maximum atomic E-state index is 17.0. The number of morpholine rings is 1. The molecule has 0 radical (unpaired) electrons. The van der Waals surface area contributed by atoms with Crippen molar-refractivity contribution in [3.63, 3.8) is 0 Å². The fourth-order valence-corrected chi connectivity index (χ4v) is 8.07. The molecule has 8 rings (SSSR count). The molecule has 0 spiro atoms. The van der Waals surface area contributed by atoms with Gasteiger partial charge in [-0.15, -0.1) is 6.42 Å². The summed E-state index contributed by atoms with van der Waals surface area (Å²) < 4.78 is 58.9. The molecule has 2 aromatic carbocycles. The first kappa shape index (κ1) is 30.4. The van der Waals surface area contributed by atoms with E-state index in [9.17, 15) is 9.50 Å². The summed E-state index contributed by atoms with van der Waals surface area (Å²) in [6, 6.07) is 6.13. The number of hydrogen-bond donors (Lipinski definition) is 1. The monoisotopic (exact) mass is 643 g/mol. The third-order valence-corrected chi connectivity index (χ3v) is 10.4. The second-order valence-corrected chi connectivity index (χ2v) is 14.0. The number of fused-ring (bicyclic) bond motifs is 5. The number of anilines is 1. The average Bonchev–Trinajstić information content (AvgIpc) is 3.69. The van der Waals surface area contributed by atoms with Gasteiger partial charge in [-0.05, 0) is 75.2 Å². The Morgan fingerprint density at radius 3 is 2.68 bits per heavy atom. The van der Waals surface area contributed by atoms with Crippen molar-refractivity contribution in [1.29, 1.82) is 0 Å². The van der Waals surface area contributed by atoms with Gasteiger partial charge >= 0.3 is 6.01 Å². The number of terminal acetylenes is 1. The van der Waals surface area contributed by atoms with Crippen LogP contribution in [0.15, 0.2) is 30.5 Å². The fourth-order valence-electron chi connectivity index (χ4n) is 8.07. The molecule has 0 aliphatic carbocycles. The lowest BCUT2D eigenvalue weighted by Crippen LogP contribution is -2.44. The predicted octanol–water partition coefficient (Wildman–Crippen LogP) is 5.65. The predicted molar refractivity (Wildman–Crippen MR) is 172 cm³/mol. The Balaban J connectivity index is 1.30. The zero-order valence-electron chi connectivity index (χ0n) is 26.4. The number of aromatic nitrogens is 3. The summed E-state index contributed by atoms with van der Waals surface area (Å²) in [5.74, 6) is 1.54. The van der Waals surface area contributed by atoms with E-state index in [0.717, 1.165) is 32.2 Å². The standard InChI is InChI=1S/C36H36F3N5O3/c1-4-25-28(38)9-6-20-12-21(35(2,3)45)13-26(29(20)25)31-30(39)32-27(15-40-31)33(43-17-23-7-8-24(18-43)47-23)42-34(41-32)46-19-36-10-5-11-44(36)16-22(37)14-36/h1,6,9,12-13,15,22-24,45H,5,7-8,10-11,14,16-19H2,2-3H3/t22-,23-,24+,36+/m1/s1. The summed E-state index contributed by atoms with van der Waals surface area (Å²) in [7, 11) is 0. The van der Waals surface area contributed by atoms with Gasteiger partial charge in [0.2, 0.25) is 0 Å². The Hall–Kier alpha value is -3.98. The smallest absolute Gasteiger partial charge is 0.319 e. The number of benzene rings is 2. The number of halogens is 3. The quantitative estimate of drug-likeness (QED) is 0.270. The van der Waals surface area contributed by atoms with Crippen molar-refractivity contribution < 1.29 is 27.8 Å². The molecule has 11 heteroatoms. The Bertz CT molecular complexity index is 1950. The number of ether oxygens (including phenoxy) is 2. The van der Waals surface area contributed by atoms with Crippen LogP contribution in [0.5, 0.6) is 6.01 Å². The maximum Gasteiger partial charge on any atom is 0.319 e. The molecule has 244 valence electrons. The topological polar surface area (TPSA) is 83.8 Å². The van der Waals surface area contributed by atoms with Crippen molar-refractivity contribution in [2.24, 2.45) is 0 Å². The second kappa shape index (κ2) is 11.0. The molecule has 4 aromatic rings. The van der Waals surface area contributed by atoms with Gasteiger partial charge in [0, 0.05) is 43.2 Å². The minimum Gasteiger partial charge on any atom is -0.461 e. The summed E-state index contributed by atoms with van der Waals surface area (Å²) in [6.45, 7) is 5.78. The van der Waals surface area contributed by atoms with Crippen molar-refractivity contribution in [2.75, 3.05) is 37.7 Å². The van der Waals surface area contributed by atoms with Crippen LogP contribution in [-0.2, 0) is 10.3 Å². The van der Waals surface area contributed by atoms with Gasteiger partial charge in [-0.25, -0.2) is 13.2 Å². The first-order valence-electron chi connectivity index (χ1n) is 16.3. The van der Waals surface area contributed by atoms with Gasteiger partial charge in [0.15, 0.2) is 5.82 Å². The Kier molecular flexibility index (Phi) is 7.13. The van der Waals surface area contributed by atoms with E-state index in [-0.39, 0.29) is 47.2 Å². The summed E-state index contributed by atoms with van der Waals surface area (Å²) in [5, 5.41) is 12.2. The van der Waals surface area contributed by atoms with Crippen LogP contribution in [0.1, 0.15) is 57.1 Å². The molecule has 8 nitrogen and oxygen atoms in total. The Labute approximate surface area is 270 Å². The lowest BCUT2D eigenvalue weighted by Gasteiger charge is -2.34. The number of pyridine rings is 1. The molecular formula is C36H36F3N5O3. The van der Waals surface area contributed by atoms with E-state index >= 15 is 8.78 Å². The van der Waals surface area contributed by atoms with Gasteiger partial charge in [0.1, 0.15) is 35.6 Å². The first-order chi connectivity index (χ1) is 22.5. The second-order valence-electron chi connectivity index (χ2n) is 14.0. The third-order valence-electron chi connectivity index (χ3n) is 10.4. The SMILES string of the molecule is C#Cc1c(F)ccc2cc(C(C)(C)O)cc(-c3ncc4c(N5C[C@H]6CC[C@@H](C5)O6)nc(OC[C@@]56CCCN5C[C@H](F)C6)nc4c3F)c12. The van der Waals surface area contributed by atoms with Crippen molar-refractivity contribution in [1.82, 2.24) is 19.9 Å². The van der Waals surface area contributed by atoms with Crippen LogP contribution in [0, 0.1) is 24.0 Å². The molecule has 4 aliphatic heterocycles. The molecule has 0 unspecified atom stereocenters. The average molecular weight is 644 g/mol. The van der Waals surface area contributed by atoms with Crippen molar-refractivity contribution in [3.8, 4) is 29.6 Å². The fraction of sp³-hybridized carbons (Fsp3) is 0.472. The van der Waals surface area contributed by atoms with E-state index in [2.05, 4.69) is 25.7 Å². The number of hydrogen-bond acceptors (Lipinski definition) is 8. The Morgan fingerprint density at radius 2 is 1.94 bits per heavy atom. The van der Waals surface area contributed by atoms with E-state index in [0.29, 0.717) is 53.6 Å². The highest BCUT2D eigenvalue weighted by Gasteiger charge is 2.49. The zero-order chi connectivity index (χ0) is 32.7. The van der Waals surface area contributed by atoms with Crippen LogP contribution in [-0.4, -0.2) is 81.7 Å². The molecule has 1 N–H and O–H groups in total. The van der Waals surface area contributed by atoms with E-state index < -0.39 is 28.9 Å². The summed E-state index contributed by atoms with van der Waals surface area (Å²) in [5.41, 5.74) is -1.15. The number of nitrogens with zero attached hydrogens (tertiary/aromatic N) is 5. The normalized spacial score (nSPS) is 25.9. The minimum absolute atomic E-state index is 0.00335. The van der Waals surface area contributed by atoms with Crippen LogP contribution in [0.3, 0.4) is 0 Å². The molecule has 0 saturated carbocycles. The van der Waals surface area contributed by atoms with Crippen molar-refractivity contribution in [2.45, 2.75) is 75.5 Å². The van der Waals surface area contributed by atoms with E-state index in [1.807, 2.05) is 0 Å². The lowest BCUT2D eigenvalue weighted by atomic mass is 9.89. The maximum absolute atomic E-state index is 17.0. The largest absolute Gasteiger partial charge is 0.461 e. The Morgan fingerprint density at radius 1 is 1.15 bits per heavy atom. The summed E-state index contributed by atoms with van der Waals surface area (Å²) >= 11 is 0. The van der Waals surface area contributed by atoms with Crippen LogP contribution >= 0.6 is 0 Å². The lowest BCUT2D eigenvalue weighted by molar-refractivity contribution is 0.0302. The van der Waals surface area contributed by atoms with Gasteiger partial charge in [0.05, 0.1) is 34.3 Å². The van der Waals surface area contributed by atoms with Gasteiger partial charge in [0.25, 0.3) is 0 Å².